The first-order valence-corrected chi connectivity index (χ1v) is 9.79. The smallest absolute Gasteiger partial charge is 0.279 e. The fourth-order valence-electron chi connectivity index (χ4n) is 2.67. The Morgan fingerprint density at radius 2 is 1.93 bits per heavy atom. The Morgan fingerprint density at radius 1 is 1.07 bits per heavy atom. The number of thiazole rings is 1. The number of aryl methyl sites for hydroxylation is 1. The number of para-hydroxylation sites is 2. The van der Waals surface area contributed by atoms with Crippen molar-refractivity contribution in [1.29, 1.82) is 0 Å². The molecule has 138 valence electrons. The molecule has 2 aromatic heterocycles. The number of nitrogens with zero attached hydrogens (tertiary/aromatic N) is 3. The van der Waals surface area contributed by atoms with Gasteiger partial charge in [0.2, 0.25) is 0 Å². The minimum atomic E-state index is 0.601. The lowest BCUT2D eigenvalue weighted by Crippen LogP contribution is -2.03. The maximum absolute atomic E-state index is 5.83. The summed E-state index contributed by atoms with van der Waals surface area (Å²) in [6.07, 6.45) is 2.26. The number of anilines is 1. The standard InChI is InChI=1S/C22H18N4OS/c1-16-8-2-5-12-20(16)27-22-26-17(14-28-22)9-6-7-13-23-21-18-10-3-4-11-19(18)24-15-25-21/h2-5,8,10-12,14-15H,7,13H2,1H3,(H,23,24,25). The van der Waals surface area contributed by atoms with Gasteiger partial charge in [-0.25, -0.2) is 9.97 Å². The minimum absolute atomic E-state index is 0.601. The van der Waals surface area contributed by atoms with Crippen molar-refractivity contribution in [3.8, 4) is 22.8 Å². The van der Waals surface area contributed by atoms with E-state index in [2.05, 4.69) is 32.1 Å². The lowest BCUT2D eigenvalue weighted by molar-refractivity contribution is 0.475. The van der Waals surface area contributed by atoms with Crippen molar-refractivity contribution in [2.24, 2.45) is 0 Å². The van der Waals surface area contributed by atoms with Crippen molar-refractivity contribution >= 4 is 28.1 Å². The number of hydrogen-bond donors (Lipinski definition) is 1. The fourth-order valence-corrected chi connectivity index (χ4v) is 3.28. The van der Waals surface area contributed by atoms with Gasteiger partial charge in [0.1, 0.15) is 23.6 Å². The Morgan fingerprint density at radius 3 is 2.86 bits per heavy atom. The Hall–Kier alpha value is -3.43. The molecule has 0 spiro atoms. The molecule has 0 bridgehead atoms. The van der Waals surface area contributed by atoms with Crippen LogP contribution < -0.4 is 10.1 Å². The third-order valence-corrected chi connectivity index (χ3v) is 4.79. The molecule has 0 saturated heterocycles. The van der Waals surface area contributed by atoms with Crippen LogP contribution in [0.15, 0.2) is 60.2 Å². The number of hydrogen-bond acceptors (Lipinski definition) is 6. The molecule has 0 unspecified atom stereocenters. The molecule has 1 N–H and O–H groups in total. The zero-order valence-electron chi connectivity index (χ0n) is 15.3. The van der Waals surface area contributed by atoms with E-state index >= 15 is 0 Å². The summed E-state index contributed by atoms with van der Waals surface area (Å²) >= 11 is 1.45. The van der Waals surface area contributed by atoms with Crippen LogP contribution in [0.1, 0.15) is 17.7 Å². The van der Waals surface area contributed by atoms with E-state index < -0.39 is 0 Å². The first-order chi connectivity index (χ1) is 13.8. The molecule has 28 heavy (non-hydrogen) atoms. The molecule has 2 heterocycles. The highest BCUT2D eigenvalue weighted by atomic mass is 32.1. The largest absolute Gasteiger partial charge is 0.431 e. The van der Waals surface area contributed by atoms with Crippen LogP contribution >= 0.6 is 11.3 Å². The molecule has 5 nitrogen and oxygen atoms in total. The highest BCUT2D eigenvalue weighted by Gasteiger charge is 2.05. The predicted molar refractivity (Wildman–Crippen MR) is 113 cm³/mol. The lowest BCUT2D eigenvalue weighted by Gasteiger charge is -2.05. The summed E-state index contributed by atoms with van der Waals surface area (Å²) in [7, 11) is 0. The molecule has 0 fully saturated rings. The average Bonchev–Trinajstić information content (AvgIpc) is 3.17. The molecular formula is C22H18N4OS. The second-order valence-corrected chi connectivity index (χ2v) is 6.90. The Kier molecular flexibility index (Phi) is 5.46. The number of aromatic nitrogens is 3. The van der Waals surface area contributed by atoms with E-state index in [-0.39, 0.29) is 0 Å². The van der Waals surface area contributed by atoms with Gasteiger partial charge in [-0.2, -0.15) is 4.98 Å². The highest BCUT2D eigenvalue weighted by molar-refractivity contribution is 7.11. The zero-order chi connectivity index (χ0) is 19.2. The van der Waals surface area contributed by atoms with Gasteiger partial charge in [-0.05, 0) is 36.6 Å². The quantitative estimate of drug-likeness (QED) is 0.385. The maximum Gasteiger partial charge on any atom is 0.279 e. The molecule has 0 saturated carbocycles. The van der Waals surface area contributed by atoms with Gasteiger partial charge in [0.15, 0.2) is 0 Å². The van der Waals surface area contributed by atoms with Crippen molar-refractivity contribution in [2.75, 3.05) is 11.9 Å². The summed E-state index contributed by atoms with van der Waals surface area (Å²) in [5, 5.41) is 6.84. The highest BCUT2D eigenvalue weighted by Crippen LogP contribution is 2.27. The molecule has 6 heteroatoms. The normalized spacial score (nSPS) is 10.3. The van der Waals surface area contributed by atoms with Crippen LogP contribution in [-0.4, -0.2) is 21.5 Å². The number of rotatable bonds is 5. The van der Waals surface area contributed by atoms with Crippen molar-refractivity contribution in [3.05, 3.63) is 71.5 Å². The van der Waals surface area contributed by atoms with E-state index in [9.17, 15) is 0 Å². The Labute approximate surface area is 167 Å². The SMILES string of the molecule is Cc1ccccc1Oc1nc(C#CCCNc2ncnc3ccccc23)cs1. The van der Waals surface area contributed by atoms with Crippen LogP contribution in [-0.2, 0) is 0 Å². The van der Waals surface area contributed by atoms with Crippen LogP contribution in [0.2, 0.25) is 0 Å². The van der Waals surface area contributed by atoms with Gasteiger partial charge in [-0.1, -0.05) is 47.6 Å². The molecule has 0 aliphatic rings. The first-order valence-electron chi connectivity index (χ1n) is 8.91. The lowest BCUT2D eigenvalue weighted by atomic mass is 10.2. The van der Waals surface area contributed by atoms with Crippen molar-refractivity contribution < 1.29 is 4.74 Å². The second kappa shape index (κ2) is 8.51. The van der Waals surface area contributed by atoms with Gasteiger partial charge in [-0.15, -0.1) is 0 Å². The van der Waals surface area contributed by atoms with E-state index in [0.717, 1.165) is 33.7 Å². The van der Waals surface area contributed by atoms with E-state index in [1.54, 1.807) is 6.33 Å². The van der Waals surface area contributed by atoms with Gasteiger partial charge >= 0.3 is 0 Å². The number of fused-ring (bicyclic) bond motifs is 1. The van der Waals surface area contributed by atoms with E-state index in [1.165, 1.54) is 11.3 Å². The molecule has 0 aliphatic carbocycles. The minimum Gasteiger partial charge on any atom is -0.431 e. The summed E-state index contributed by atoms with van der Waals surface area (Å²) in [6.45, 7) is 2.71. The van der Waals surface area contributed by atoms with E-state index in [1.807, 2.05) is 60.8 Å². The molecule has 0 aliphatic heterocycles. The summed E-state index contributed by atoms with van der Waals surface area (Å²) in [5.41, 5.74) is 2.73. The van der Waals surface area contributed by atoms with Crippen molar-refractivity contribution in [1.82, 2.24) is 15.0 Å². The number of benzene rings is 2. The van der Waals surface area contributed by atoms with Crippen molar-refractivity contribution in [2.45, 2.75) is 13.3 Å². The third kappa shape index (κ3) is 4.27. The first kappa shape index (κ1) is 18.0. The van der Waals surface area contributed by atoms with Crippen LogP contribution in [0, 0.1) is 18.8 Å². The zero-order valence-corrected chi connectivity index (χ0v) is 16.2. The fraction of sp³-hybridized carbons (Fsp3) is 0.136. The van der Waals surface area contributed by atoms with E-state index in [4.69, 9.17) is 4.74 Å². The van der Waals surface area contributed by atoms with Crippen LogP contribution in [0.3, 0.4) is 0 Å². The predicted octanol–water partition coefficient (Wildman–Crippen LogP) is 5.04. The molecule has 0 radical (unpaired) electrons. The van der Waals surface area contributed by atoms with Gasteiger partial charge in [0, 0.05) is 23.7 Å². The van der Waals surface area contributed by atoms with Gasteiger partial charge in [-0.3, -0.25) is 0 Å². The molecule has 0 amide bonds. The summed E-state index contributed by atoms with van der Waals surface area (Å²) in [6, 6.07) is 15.8. The Bertz CT molecular complexity index is 1150. The van der Waals surface area contributed by atoms with Gasteiger partial charge in [0.05, 0.1) is 5.52 Å². The van der Waals surface area contributed by atoms with Gasteiger partial charge < -0.3 is 10.1 Å². The monoisotopic (exact) mass is 386 g/mol. The Balaban J connectivity index is 1.33. The molecule has 4 rings (SSSR count). The second-order valence-electron chi connectivity index (χ2n) is 6.08. The topological polar surface area (TPSA) is 59.9 Å². The van der Waals surface area contributed by atoms with Crippen LogP contribution in [0.4, 0.5) is 5.82 Å². The molecular weight excluding hydrogens is 368 g/mol. The summed E-state index contributed by atoms with van der Waals surface area (Å²) < 4.78 is 5.83. The number of nitrogens with one attached hydrogen (secondary N) is 1. The molecule has 4 aromatic rings. The maximum atomic E-state index is 5.83. The summed E-state index contributed by atoms with van der Waals surface area (Å²) in [5.74, 6) is 7.87. The molecule has 2 aromatic carbocycles. The summed E-state index contributed by atoms with van der Waals surface area (Å²) in [4.78, 5) is 13.0. The van der Waals surface area contributed by atoms with Crippen LogP contribution in [0.5, 0.6) is 10.9 Å². The van der Waals surface area contributed by atoms with Gasteiger partial charge in [0.25, 0.3) is 5.19 Å². The average molecular weight is 386 g/mol. The van der Waals surface area contributed by atoms with Crippen molar-refractivity contribution in [3.63, 3.8) is 0 Å². The van der Waals surface area contributed by atoms with Crippen LogP contribution in [0.25, 0.3) is 10.9 Å². The third-order valence-electron chi connectivity index (χ3n) is 4.08. The molecule has 0 atom stereocenters. The van der Waals surface area contributed by atoms with E-state index in [0.29, 0.717) is 18.2 Å². The number of ether oxygens (including phenoxy) is 1.